The summed E-state index contributed by atoms with van der Waals surface area (Å²) in [4.78, 5) is 15.1. The van der Waals surface area contributed by atoms with Crippen LogP contribution in [-0.2, 0) is 0 Å². The quantitative estimate of drug-likeness (QED) is 0.868. The summed E-state index contributed by atoms with van der Waals surface area (Å²) in [5.41, 5.74) is 3.11. The lowest BCUT2D eigenvalue weighted by atomic mass is 9.93. The lowest BCUT2D eigenvalue weighted by Crippen LogP contribution is -2.34. The van der Waals surface area contributed by atoms with Gasteiger partial charge in [0.15, 0.2) is 0 Å². The first-order valence-corrected chi connectivity index (χ1v) is 6.35. The molecule has 3 rings (SSSR count). The fraction of sp³-hybridized carbons (Fsp3) is 0.286. The van der Waals surface area contributed by atoms with Gasteiger partial charge in [0, 0.05) is 12.2 Å². The molecular formula is C14H15N3O2. The van der Waals surface area contributed by atoms with Crippen LogP contribution in [0.25, 0.3) is 11.2 Å². The van der Waals surface area contributed by atoms with Gasteiger partial charge in [-0.3, -0.25) is 0 Å². The second-order valence-corrected chi connectivity index (χ2v) is 4.73. The molecule has 1 aliphatic rings. The number of nitrogens with zero attached hydrogens (tertiary/aromatic N) is 2. The Bertz CT molecular complexity index is 645. The fourth-order valence-electron chi connectivity index (χ4n) is 2.59. The van der Waals surface area contributed by atoms with Crippen molar-refractivity contribution in [1.82, 2.24) is 14.7 Å². The lowest BCUT2D eigenvalue weighted by molar-refractivity contribution is 0.189. The number of allylic oxidation sites excluding steroid dienone is 1. The number of carbonyl (C=O) groups is 1. The molecule has 2 aromatic heterocycles. The molecule has 98 valence electrons. The molecule has 0 saturated heterocycles. The second kappa shape index (κ2) is 4.76. The molecule has 5 heteroatoms. The number of nitrogens with one attached hydrogen (secondary N) is 1. The molecule has 0 aromatic carbocycles. The van der Waals surface area contributed by atoms with Gasteiger partial charge in [-0.2, -0.15) is 0 Å². The van der Waals surface area contributed by atoms with Crippen LogP contribution in [0.3, 0.4) is 0 Å². The number of fused-ring (bicyclic) bond motifs is 1. The van der Waals surface area contributed by atoms with Gasteiger partial charge in [-0.25, -0.2) is 9.78 Å². The minimum atomic E-state index is -0.954. The number of amides is 1. The summed E-state index contributed by atoms with van der Waals surface area (Å²) >= 11 is 0. The molecule has 2 N–H and O–H groups in total. The van der Waals surface area contributed by atoms with Crippen molar-refractivity contribution in [3.63, 3.8) is 0 Å². The van der Waals surface area contributed by atoms with Crippen molar-refractivity contribution in [1.29, 1.82) is 0 Å². The molecule has 2 heterocycles. The van der Waals surface area contributed by atoms with E-state index >= 15 is 0 Å². The number of aromatic nitrogens is 2. The molecule has 0 bridgehead atoms. The third-order valence-corrected chi connectivity index (χ3v) is 3.45. The van der Waals surface area contributed by atoms with Crippen LogP contribution in [0.1, 0.15) is 25.0 Å². The van der Waals surface area contributed by atoms with Crippen LogP contribution in [0.5, 0.6) is 0 Å². The molecule has 1 unspecified atom stereocenters. The lowest BCUT2D eigenvalue weighted by Gasteiger charge is -2.22. The van der Waals surface area contributed by atoms with Gasteiger partial charge in [0.2, 0.25) is 0 Å². The SMILES string of the molecule is O=C(O)NC1CCC=C(c2cnc3ccccn23)C1. The molecule has 0 spiro atoms. The summed E-state index contributed by atoms with van der Waals surface area (Å²) in [6.07, 6.45) is 7.51. The highest BCUT2D eigenvalue weighted by Crippen LogP contribution is 2.27. The molecule has 1 amide bonds. The Morgan fingerprint density at radius 3 is 3.21 bits per heavy atom. The van der Waals surface area contributed by atoms with Gasteiger partial charge in [0.05, 0.1) is 11.9 Å². The summed E-state index contributed by atoms with van der Waals surface area (Å²) in [5, 5.41) is 11.4. The van der Waals surface area contributed by atoms with Gasteiger partial charge < -0.3 is 14.8 Å². The van der Waals surface area contributed by atoms with E-state index in [1.165, 1.54) is 0 Å². The van der Waals surface area contributed by atoms with E-state index in [-0.39, 0.29) is 6.04 Å². The van der Waals surface area contributed by atoms with Crippen LogP contribution in [0.4, 0.5) is 4.79 Å². The largest absolute Gasteiger partial charge is 0.465 e. The number of rotatable bonds is 2. The first-order valence-electron chi connectivity index (χ1n) is 6.35. The predicted octanol–water partition coefficient (Wildman–Crippen LogP) is 2.54. The third-order valence-electron chi connectivity index (χ3n) is 3.45. The Morgan fingerprint density at radius 1 is 1.47 bits per heavy atom. The zero-order chi connectivity index (χ0) is 13.2. The summed E-state index contributed by atoms with van der Waals surface area (Å²) in [6.45, 7) is 0. The van der Waals surface area contributed by atoms with E-state index in [0.717, 1.165) is 36.2 Å². The summed E-state index contributed by atoms with van der Waals surface area (Å²) in [7, 11) is 0. The molecule has 0 radical (unpaired) electrons. The Hall–Kier alpha value is -2.30. The monoisotopic (exact) mass is 257 g/mol. The molecule has 0 saturated carbocycles. The number of imidazole rings is 1. The molecule has 0 aliphatic heterocycles. The second-order valence-electron chi connectivity index (χ2n) is 4.73. The molecule has 5 nitrogen and oxygen atoms in total. The maximum Gasteiger partial charge on any atom is 0.404 e. The van der Waals surface area contributed by atoms with Gasteiger partial charge in [-0.1, -0.05) is 12.1 Å². The van der Waals surface area contributed by atoms with Crippen LogP contribution >= 0.6 is 0 Å². The van der Waals surface area contributed by atoms with Crippen LogP contribution in [0, 0.1) is 0 Å². The van der Waals surface area contributed by atoms with Gasteiger partial charge in [-0.15, -0.1) is 0 Å². The normalized spacial score (nSPS) is 19.2. The summed E-state index contributed by atoms with van der Waals surface area (Å²) in [5.74, 6) is 0. The Balaban J connectivity index is 1.89. The van der Waals surface area contributed by atoms with Crippen molar-refractivity contribution >= 4 is 17.3 Å². The predicted molar refractivity (Wildman–Crippen MR) is 72.0 cm³/mol. The summed E-state index contributed by atoms with van der Waals surface area (Å²) in [6, 6.07) is 5.87. The molecule has 19 heavy (non-hydrogen) atoms. The minimum Gasteiger partial charge on any atom is -0.465 e. The van der Waals surface area contributed by atoms with Gasteiger partial charge >= 0.3 is 6.09 Å². The Labute approximate surface area is 110 Å². The van der Waals surface area contributed by atoms with Crippen LogP contribution in [0.2, 0.25) is 0 Å². The van der Waals surface area contributed by atoms with Crippen molar-refractivity contribution in [3.05, 3.63) is 42.4 Å². The van der Waals surface area contributed by atoms with Crippen molar-refractivity contribution in [2.75, 3.05) is 0 Å². The highest BCUT2D eigenvalue weighted by atomic mass is 16.4. The number of hydrogen-bond acceptors (Lipinski definition) is 2. The number of hydrogen-bond donors (Lipinski definition) is 2. The molecule has 0 fully saturated rings. The van der Waals surface area contributed by atoms with Gasteiger partial charge in [-0.05, 0) is 37.0 Å². The number of pyridine rings is 1. The third kappa shape index (κ3) is 2.31. The summed E-state index contributed by atoms with van der Waals surface area (Å²) < 4.78 is 2.04. The molecule has 1 aliphatic carbocycles. The van der Waals surface area contributed by atoms with E-state index in [2.05, 4.69) is 16.4 Å². The van der Waals surface area contributed by atoms with E-state index in [1.807, 2.05) is 35.0 Å². The fourth-order valence-corrected chi connectivity index (χ4v) is 2.59. The van der Waals surface area contributed by atoms with Gasteiger partial charge in [0.25, 0.3) is 0 Å². The molecular weight excluding hydrogens is 242 g/mol. The highest BCUT2D eigenvalue weighted by Gasteiger charge is 2.19. The van der Waals surface area contributed by atoms with E-state index < -0.39 is 6.09 Å². The van der Waals surface area contributed by atoms with Crippen LogP contribution in [-0.4, -0.2) is 26.6 Å². The zero-order valence-electron chi connectivity index (χ0n) is 10.4. The standard InChI is InChI=1S/C14H15N3O2/c18-14(19)16-11-5-3-4-10(8-11)12-9-15-13-6-1-2-7-17(12)13/h1-2,4,6-7,9,11,16H,3,5,8H2,(H,18,19). The zero-order valence-corrected chi connectivity index (χ0v) is 10.4. The smallest absolute Gasteiger partial charge is 0.404 e. The van der Waals surface area contributed by atoms with E-state index in [4.69, 9.17) is 5.11 Å². The number of carboxylic acid groups (broad SMARTS) is 1. The van der Waals surface area contributed by atoms with Gasteiger partial charge in [0.1, 0.15) is 5.65 Å². The Kier molecular flexibility index (Phi) is 2.95. The topological polar surface area (TPSA) is 66.6 Å². The maximum atomic E-state index is 10.7. The van der Waals surface area contributed by atoms with E-state index in [9.17, 15) is 4.79 Å². The van der Waals surface area contributed by atoms with E-state index in [1.54, 1.807) is 0 Å². The molecule has 2 aromatic rings. The van der Waals surface area contributed by atoms with Crippen molar-refractivity contribution in [2.45, 2.75) is 25.3 Å². The van der Waals surface area contributed by atoms with Crippen molar-refractivity contribution < 1.29 is 9.90 Å². The van der Waals surface area contributed by atoms with Crippen LogP contribution < -0.4 is 5.32 Å². The highest BCUT2D eigenvalue weighted by molar-refractivity contribution is 5.69. The van der Waals surface area contributed by atoms with E-state index in [0.29, 0.717) is 0 Å². The average Bonchev–Trinajstić information content (AvgIpc) is 2.82. The molecule has 1 atom stereocenters. The average molecular weight is 257 g/mol. The maximum absolute atomic E-state index is 10.7. The van der Waals surface area contributed by atoms with Crippen LogP contribution in [0.15, 0.2) is 36.7 Å². The Morgan fingerprint density at radius 2 is 2.37 bits per heavy atom. The van der Waals surface area contributed by atoms with Crippen molar-refractivity contribution in [3.8, 4) is 0 Å². The first kappa shape index (κ1) is 11.8. The van der Waals surface area contributed by atoms with Crippen molar-refractivity contribution in [2.24, 2.45) is 0 Å². The first-order chi connectivity index (χ1) is 9.24. The minimum absolute atomic E-state index is 0.00763.